The molecule has 2 aromatic rings. The summed E-state index contributed by atoms with van der Waals surface area (Å²) in [5, 5.41) is 6.28. The summed E-state index contributed by atoms with van der Waals surface area (Å²) in [6, 6.07) is 11.8. The minimum Gasteiger partial charge on any atom is -0.497 e. The van der Waals surface area contributed by atoms with Crippen LogP contribution in [0.2, 0.25) is 0 Å². The van der Waals surface area contributed by atoms with Crippen LogP contribution in [0.15, 0.2) is 41.5 Å². The van der Waals surface area contributed by atoms with Crippen molar-refractivity contribution in [3.05, 3.63) is 58.7 Å². The Morgan fingerprint density at radius 1 is 1.28 bits per heavy atom. The molecule has 1 aliphatic heterocycles. The predicted octanol–water partition coefficient (Wildman–Crippen LogP) is 3.13. The predicted molar refractivity (Wildman–Crippen MR) is 99.9 cm³/mol. The molecule has 1 aliphatic rings. The summed E-state index contributed by atoms with van der Waals surface area (Å²) in [5.41, 5.74) is 11.5. The number of nitrogens with zero attached hydrogens (tertiary/aromatic N) is 2. The van der Waals surface area contributed by atoms with Gasteiger partial charge >= 0.3 is 0 Å². The largest absolute Gasteiger partial charge is 0.497 e. The monoisotopic (exact) mass is 337 g/mol. The van der Waals surface area contributed by atoms with E-state index in [9.17, 15) is 4.79 Å². The van der Waals surface area contributed by atoms with E-state index < -0.39 is 0 Å². The first-order valence-corrected chi connectivity index (χ1v) is 8.33. The smallest absolute Gasteiger partial charge is 0.239 e. The second-order valence-corrected chi connectivity index (χ2v) is 6.46. The normalized spacial score (nSPS) is 16.7. The molecule has 0 fully saturated rings. The number of carbonyl (C=O) groups is 1. The van der Waals surface area contributed by atoms with Crippen LogP contribution < -0.4 is 10.5 Å². The average molecular weight is 337 g/mol. The Balaban J connectivity index is 2.24. The number of benzene rings is 2. The van der Waals surface area contributed by atoms with Crippen molar-refractivity contribution < 1.29 is 9.53 Å². The fourth-order valence-electron chi connectivity index (χ4n) is 3.16. The number of amides is 1. The van der Waals surface area contributed by atoms with Gasteiger partial charge < -0.3 is 10.5 Å². The summed E-state index contributed by atoms with van der Waals surface area (Å²) < 4.78 is 5.39. The van der Waals surface area contributed by atoms with Crippen LogP contribution in [0.4, 0.5) is 5.69 Å². The molecule has 25 heavy (non-hydrogen) atoms. The van der Waals surface area contributed by atoms with E-state index in [4.69, 9.17) is 15.6 Å². The Kier molecular flexibility index (Phi) is 4.49. The molecular formula is C20H23N3O2. The van der Waals surface area contributed by atoms with Crippen LogP contribution >= 0.6 is 0 Å². The highest BCUT2D eigenvalue weighted by atomic mass is 16.5. The molecule has 5 heteroatoms. The van der Waals surface area contributed by atoms with E-state index in [1.54, 1.807) is 19.0 Å². The first-order valence-electron chi connectivity index (χ1n) is 8.33. The number of ether oxygens (including phenoxy) is 1. The van der Waals surface area contributed by atoms with Crippen molar-refractivity contribution in [1.82, 2.24) is 5.01 Å². The van der Waals surface area contributed by atoms with Crippen LogP contribution in [0.3, 0.4) is 0 Å². The molecule has 2 aromatic carbocycles. The zero-order valence-electron chi connectivity index (χ0n) is 15.0. The highest BCUT2D eigenvalue weighted by Crippen LogP contribution is 2.28. The number of hydrazone groups is 1. The third kappa shape index (κ3) is 3.22. The molecule has 3 rings (SSSR count). The Morgan fingerprint density at radius 3 is 2.68 bits per heavy atom. The van der Waals surface area contributed by atoms with Crippen molar-refractivity contribution in [3.8, 4) is 5.75 Å². The Bertz CT molecular complexity index is 858. The van der Waals surface area contributed by atoms with Crippen molar-refractivity contribution in [3.63, 3.8) is 0 Å². The number of hydrogen-bond donors (Lipinski definition) is 1. The molecule has 0 aromatic heterocycles. The lowest BCUT2D eigenvalue weighted by molar-refractivity contribution is -0.130. The number of aryl methyl sites for hydroxylation is 1. The van der Waals surface area contributed by atoms with Crippen molar-refractivity contribution in [2.45, 2.75) is 33.2 Å². The minimum atomic E-state index is -0.0723. The second kappa shape index (κ2) is 6.59. The van der Waals surface area contributed by atoms with Gasteiger partial charge in [-0.3, -0.25) is 4.79 Å². The second-order valence-electron chi connectivity index (χ2n) is 6.46. The molecule has 1 atom stereocenters. The van der Waals surface area contributed by atoms with E-state index in [0.29, 0.717) is 0 Å². The number of nitrogen functional groups attached to an aromatic ring is 1. The summed E-state index contributed by atoms with van der Waals surface area (Å²) >= 11 is 0. The first-order chi connectivity index (χ1) is 11.9. The molecule has 0 saturated carbocycles. The summed E-state index contributed by atoms with van der Waals surface area (Å²) in [5.74, 6) is 0.694. The number of fused-ring (bicyclic) bond motifs is 1. The fourth-order valence-corrected chi connectivity index (χ4v) is 3.16. The van der Waals surface area contributed by atoms with Gasteiger partial charge in [0.1, 0.15) is 5.75 Å². The maximum absolute atomic E-state index is 12.1. The average Bonchev–Trinajstić information content (AvgIpc) is 2.73. The lowest BCUT2D eigenvalue weighted by Crippen LogP contribution is -2.33. The quantitative estimate of drug-likeness (QED) is 0.856. The third-order valence-corrected chi connectivity index (χ3v) is 4.58. The number of hydrogen-bond acceptors (Lipinski definition) is 4. The Hall–Kier alpha value is -2.82. The van der Waals surface area contributed by atoms with Crippen LogP contribution in [-0.2, 0) is 11.2 Å². The molecule has 5 nitrogen and oxygen atoms in total. The van der Waals surface area contributed by atoms with Gasteiger partial charge in [-0.15, -0.1) is 0 Å². The zero-order valence-corrected chi connectivity index (χ0v) is 15.0. The molecule has 0 saturated heterocycles. The highest BCUT2D eigenvalue weighted by molar-refractivity contribution is 6.14. The van der Waals surface area contributed by atoms with E-state index in [0.717, 1.165) is 45.8 Å². The number of methoxy groups -OCH3 is 1. The Morgan fingerprint density at radius 2 is 2.04 bits per heavy atom. The van der Waals surface area contributed by atoms with Gasteiger partial charge in [-0.1, -0.05) is 12.1 Å². The number of rotatable bonds is 2. The molecule has 0 radical (unpaired) electrons. The van der Waals surface area contributed by atoms with E-state index in [-0.39, 0.29) is 11.9 Å². The maximum atomic E-state index is 12.1. The molecule has 0 spiro atoms. The van der Waals surface area contributed by atoms with Crippen LogP contribution in [-0.4, -0.2) is 29.8 Å². The van der Waals surface area contributed by atoms with Gasteiger partial charge in [0.15, 0.2) is 0 Å². The van der Waals surface area contributed by atoms with Crippen LogP contribution in [0.5, 0.6) is 5.75 Å². The first kappa shape index (κ1) is 17.0. The van der Waals surface area contributed by atoms with Gasteiger partial charge in [-0.2, -0.15) is 5.10 Å². The number of carbonyl (C=O) groups excluding carboxylic acids is 1. The molecule has 1 heterocycles. The molecule has 0 bridgehead atoms. The highest BCUT2D eigenvalue weighted by Gasteiger charge is 2.25. The van der Waals surface area contributed by atoms with Crippen molar-refractivity contribution in [2.75, 3.05) is 12.8 Å². The van der Waals surface area contributed by atoms with Gasteiger partial charge in [-0.25, -0.2) is 5.01 Å². The molecular weight excluding hydrogens is 314 g/mol. The van der Waals surface area contributed by atoms with Gasteiger partial charge in [0.05, 0.1) is 18.9 Å². The summed E-state index contributed by atoms with van der Waals surface area (Å²) in [4.78, 5) is 12.1. The van der Waals surface area contributed by atoms with Crippen LogP contribution in [0.1, 0.15) is 36.1 Å². The zero-order chi connectivity index (χ0) is 18.1. The van der Waals surface area contributed by atoms with E-state index >= 15 is 0 Å². The van der Waals surface area contributed by atoms with E-state index in [2.05, 4.69) is 0 Å². The van der Waals surface area contributed by atoms with Gasteiger partial charge in [0.25, 0.3) is 0 Å². The minimum absolute atomic E-state index is 0.0166. The van der Waals surface area contributed by atoms with Gasteiger partial charge in [0.2, 0.25) is 5.91 Å². The van der Waals surface area contributed by atoms with Crippen molar-refractivity contribution >= 4 is 17.3 Å². The summed E-state index contributed by atoms with van der Waals surface area (Å²) in [6.45, 7) is 5.52. The standard InChI is InChI=1S/C20H23N3O2/c1-12-9-16(6-8-19(12)21)20-18-11-17(25-4)7-5-15(18)10-13(2)23(22-20)14(3)24/h5-9,11,13H,10,21H2,1-4H3. The van der Waals surface area contributed by atoms with Crippen molar-refractivity contribution in [1.29, 1.82) is 0 Å². The van der Waals surface area contributed by atoms with Crippen LogP contribution in [0, 0.1) is 6.92 Å². The lowest BCUT2D eigenvalue weighted by Gasteiger charge is -2.21. The fraction of sp³-hybridized carbons (Fsp3) is 0.300. The molecule has 1 amide bonds. The van der Waals surface area contributed by atoms with E-state index in [1.807, 2.05) is 50.2 Å². The van der Waals surface area contributed by atoms with E-state index in [1.165, 1.54) is 0 Å². The SMILES string of the molecule is COc1ccc2c(c1)C(c1ccc(N)c(C)c1)=NN(C(C)=O)C(C)C2. The topological polar surface area (TPSA) is 67.9 Å². The maximum Gasteiger partial charge on any atom is 0.239 e. The Labute approximate surface area is 148 Å². The third-order valence-electron chi connectivity index (χ3n) is 4.58. The van der Waals surface area contributed by atoms with Gasteiger partial charge in [-0.05, 0) is 55.7 Å². The van der Waals surface area contributed by atoms with Crippen LogP contribution in [0.25, 0.3) is 0 Å². The molecule has 2 N–H and O–H groups in total. The molecule has 1 unspecified atom stereocenters. The summed E-state index contributed by atoms with van der Waals surface area (Å²) in [6.07, 6.45) is 0.736. The molecule has 130 valence electrons. The van der Waals surface area contributed by atoms with Crippen molar-refractivity contribution in [2.24, 2.45) is 5.10 Å². The molecule has 0 aliphatic carbocycles. The lowest BCUT2D eigenvalue weighted by atomic mass is 9.93. The summed E-state index contributed by atoms with van der Waals surface area (Å²) in [7, 11) is 1.65. The number of nitrogens with two attached hydrogens (primary N) is 1. The van der Waals surface area contributed by atoms with Gasteiger partial charge in [0, 0.05) is 23.7 Å². The number of anilines is 1.